The minimum absolute atomic E-state index is 0.00307. The summed E-state index contributed by atoms with van der Waals surface area (Å²) < 4.78 is 14.9. The number of carbonyl (C=O) groups is 2. The number of fused-ring (bicyclic) bond motifs is 1. The van der Waals surface area contributed by atoms with Gasteiger partial charge in [0.25, 0.3) is 5.91 Å². The second-order valence-electron chi connectivity index (χ2n) is 7.12. The first-order valence-corrected chi connectivity index (χ1v) is 9.39. The fraction of sp³-hybridized carbons (Fsp3) is 0.273. The lowest BCUT2D eigenvalue weighted by Crippen LogP contribution is -2.51. The van der Waals surface area contributed by atoms with E-state index < -0.39 is 0 Å². The summed E-state index contributed by atoms with van der Waals surface area (Å²) in [6.07, 6.45) is 0.247. The number of amides is 2. The predicted octanol–water partition coefficient (Wildman–Crippen LogP) is 2.84. The number of hydrogen-bond acceptors (Lipinski definition) is 2. The van der Waals surface area contributed by atoms with Crippen LogP contribution in [0.5, 0.6) is 0 Å². The number of carbonyl (C=O) groups excluding carboxylic acids is 2. The third-order valence-corrected chi connectivity index (χ3v) is 5.36. The topological polar surface area (TPSA) is 45.6 Å². The number of para-hydroxylation sites is 1. The Kier molecular flexibility index (Phi) is 4.86. The second-order valence-corrected chi connectivity index (χ2v) is 7.12. The molecule has 4 rings (SSSR count). The summed E-state index contributed by atoms with van der Waals surface area (Å²) in [5, 5.41) is 1.04. The average molecular weight is 379 g/mol. The van der Waals surface area contributed by atoms with Crippen LogP contribution < -0.4 is 0 Å². The van der Waals surface area contributed by atoms with Crippen molar-refractivity contribution in [3.05, 3.63) is 71.7 Å². The molecule has 2 aromatic carbocycles. The molecule has 1 aliphatic rings. The van der Waals surface area contributed by atoms with Gasteiger partial charge in [-0.25, -0.2) is 4.39 Å². The lowest BCUT2D eigenvalue weighted by atomic mass is 10.1. The van der Waals surface area contributed by atoms with E-state index in [0.29, 0.717) is 31.9 Å². The highest BCUT2D eigenvalue weighted by atomic mass is 19.1. The quantitative estimate of drug-likeness (QED) is 0.703. The molecule has 0 N–H and O–H groups in total. The molecule has 1 aliphatic heterocycles. The van der Waals surface area contributed by atoms with Crippen LogP contribution in [0.1, 0.15) is 16.1 Å². The molecule has 5 nitrogen and oxygen atoms in total. The van der Waals surface area contributed by atoms with Crippen LogP contribution in [0.4, 0.5) is 4.39 Å². The van der Waals surface area contributed by atoms with Crippen LogP contribution in [0.3, 0.4) is 0 Å². The molecule has 0 atom stereocenters. The summed E-state index contributed by atoms with van der Waals surface area (Å²) in [7, 11) is 1.90. The van der Waals surface area contributed by atoms with Crippen molar-refractivity contribution in [3.63, 3.8) is 0 Å². The molecule has 1 fully saturated rings. The van der Waals surface area contributed by atoms with E-state index in [1.807, 2.05) is 41.9 Å². The minimum Gasteiger partial charge on any atom is -0.340 e. The second kappa shape index (κ2) is 7.46. The van der Waals surface area contributed by atoms with Crippen molar-refractivity contribution < 1.29 is 14.0 Å². The Hall–Kier alpha value is -3.15. The SMILES string of the molecule is Cn1c(C(=O)N2CCN(C(=O)Cc3ccc(F)cc3)CC2)cc2ccccc21. The van der Waals surface area contributed by atoms with Gasteiger partial charge in [0, 0.05) is 44.1 Å². The highest BCUT2D eigenvalue weighted by molar-refractivity contribution is 5.98. The Morgan fingerprint density at radius 1 is 0.929 bits per heavy atom. The molecule has 0 bridgehead atoms. The molecule has 2 amide bonds. The third-order valence-electron chi connectivity index (χ3n) is 5.36. The van der Waals surface area contributed by atoms with E-state index in [2.05, 4.69) is 0 Å². The largest absolute Gasteiger partial charge is 0.340 e. The first-order valence-electron chi connectivity index (χ1n) is 9.39. The maximum atomic E-state index is 13.0. The molecule has 3 aromatic rings. The van der Waals surface area contributed by atoms with Crippen molar-refractivity contribution in [2.45, 2.75) is 6.42 Å². The van der Waals surface area contributed by atoms with Gasteiger partial charge in [0.1, 0.15) is 11.5 Å². The number of rotatable bonds is 3. The van der Waals surface area contributed by atoms with Crippen LogP contribution in [0.2, 0.25) is 0 Å². The number of aromatic nitrogens is 1. The highest BCUT2D eigenvalue weighted by Crippen LogP contribution is 2.20. The van der Waals surface area contributed by atoms with Crippen molar-refractivity contribution in [3.8, 4) is 0 Å². The van der Waals surface area contributed by atoms with Crippen LogP contribution in [-0.4, -0.2) is 52.4 Å². The van der Waals surface area contributed by atoms with Crippen molar-refractivity contribution in [2.75, 3.05) is 26.2 Å². The highest BCUT2D eigenvalue weighted by Gasteiger charge is 2.26. The Bertz CT molecular complexity index is 1020. The summed E-state index contributed by atoms with van der Waals surface area (Å²) in [5.74, 6) is -0.315. The monoisotopic (exact) mass is 379 g/mol. The molecule has 0 aliphatic carbocycles. The zero-order valence-electron chi connectivity index (χ0n) is 15.8. The third kappa shape index (κ3) is 3.50. The normalized spacial score (nSPS) is 14.5. The van der Waals surface area contributed by atoms with Gasteiger partial charge in [0.2, 0.25) is 5.91 Å². The Morgan fingerprint density at radius 2 is 1.57 bits per heavy atom. The van der Waals surface area contributed by atoms with Crippen LogP contribution >= 0.6 is 0 Å². The van der Waals surface area contributed by atoms with Crippen LogP contribution in [-0.2, 0) is 18.3 Å². The fourth-order valence-electron chi connectivity index (χ4n) is 3.70. The van der Waals surface area contributed by atoms with Crippen molar-refractivity contribution in [1.29, 1.82) is 0 Å². The van der Waals surface area contributed by atoms with Gasteiger partial charge in [-0.3, -0.25) is 9.59 Å². The molecule has 6 heteroatoms. The van der Waals surface area contributed by atoms with Crippen molar-refractivity contribution in [1.82, 2.24) is 14.4 Å². The molecule has 144 valence electrons. The number of hydrogen-bond donors (Lipinski definition) is 0. The maximum absolute atomic E-state index is 13.0. The van der Waals surface area contributed by atoms with E-state index in [0.717, 1.165) is 16.5 Å². The van der Waals surface area contributed by atoms with Crippen molar-refractivity contribution in [2.24, 2.45) is 7.05 Å². The fourth-order valence-corrected chi connectivity index (χ4v) is 3.70. The standard InChI is InChI=1S/C22H22FN3O2/c1-24-19-5-3-2-4-17(19)15-20(24)22(28)26-12-10-25(11-13-26)21(27)14-16-6-8-18(23)9-7-16/h2-9,15H,10-14H2,1H3. The number of nitrogens with zero attached hydrogens (tertiary/aromatic N) is 3. The molecular weight excluding hydrogens is 357 g/mol. The molecule has 1 aromatic heterocycles. The Labute approximate surface area is 163 Å². The Morgan fingerprint density at radius 3 is 2.25 bits per heavy atom. The van der Waals surface area contributed by atoms with Crippen LogP contribution in [0.15, 0.2) is 54.6 Å². The predicted molar refractivity (Wildman–Crippen MR) is 106 cm³/mol. The number of benzene rings is 2. The van der Waals surface area contributed by atoms with Gasteiger partial charge in [-0.15, -0.1) is 0 Å². The Balaban J connectivity index is 1.39. The summed E-state index contributed by atoms with van der Waals surface area (Å²) in [5.41, 5.74) is 2.48. The first kappa shape index (κ1) is 18.2. The zero-order valence-corrected chi connectivity index (χ0v) is 15.8. The molecule has 1 saturated heterocycles. The summed E-state index contributed by atoms with van der Waals surface area (Å²) in [4.78, 5) is 29.0. The van der Waals surface area contributed by atoms with Gasteiger partial charge >= 0.3 is 0 Å². The van der Waals surface area contributed by atoms with Gasteiger partial charge in [0.15, 0.2) is 0 Å². The van der Waals surface area contributed by atoms with Crippen molar-refractivity contribution >= 4 is 22.7 Å². The molecule has 0 unspecified atom stereocenters. The van der Waals surface area contributed by atoms with Gasteiger partial charge in [-0.1, -0.05) is 30.3 Å². The van der Waals surface area contributed by atoms with Gasteiger partial charge in [0.05, 0.1) is 6.42 Å². The molecule has 0 radical (unpaired) electrons. The van der Waals surface area contributed by atoms with Crippen LogP contribution in [0.25, 0.3) is 10.9 Å². The van der Waals surface area contributed by atoms with E-state index in [1.54, 1.807) is 21.9 Å². The summed E-state index contributed by atoms with van der Waals surface area (Å²) in [6.45, 7) is 2.04. The number of aryl methyl sites for hydroxylation is 1. The van der Waals surface area contributed by atoms with E-state index in [9.17, 15) is 14.0 Å². The number of piperazine rings is 1. The number of halogens is 1. The molecular formula is C22H22FN3O2. The average Bonchev–Trinajstić information content (AvgIpc) is 3.06. The maximum Gasteiger partial charge on any atom is 0.270 e. The molecule has 28 heavy (non-hydrogen) atoms. The zero-order chi connectivity index (χ0) is 19.7. The summed E-state index contributed by atoms with van der Waals surface area (Å²) in [6, 6.07) is 15.8. The van der Waals surface area contributed by atoms with Gasteiger partial charge in [-0.05, 0) is 29.8 Å². The van der Waals surface area contributed by atoms with E-state index in [1.165, 1.54) is 12.1 Å². The molecule has 2 heterocycles. The summed E-state index contributed by atoms with van der Waals surface area (Å²) >= 11 is 0. The van der Waals surface area contributed by atoms with Gasteiger partial charge < -0.3 is 14.4 Å². The van der Waals surface area contributed by atoms with E-state index >= 15 is 0 Å². The lowest BCUT2D eigenvalue weighted by Gasteiger charge is -2.35. The van der Waals surface area contributed by atoms with E-state index in [4.69, 9.17) is 0 Å². The lowest BCUT2D eigenvalue weighted by molar-refractivity contribution is -0.131. The smallest absolute Gasteiger partial charge is 0.270 e. The molecule has 0 spiro atoms. The van der Waals surface area contributed by atoms with Gasteiger partial charge in [-0.2, -0.15) is 0 Å². The minimum atomic E-state index is -0.309. The van der Waals surface area contributed by atoms with Crippen LogP contribution in [0, 0.1) is 5.82 Å². The first-order chi connectivity index (χ1) is 13.5. The van der Waals surface area contributed by atoms with E-state index in [-0.39, 0.29) is 24.1 Å². The molecule has 0 saturated carbocycles.